The number of carbonyl (C=O) groups is 1. The molecule has 0 atom stereocenters. The summed E-state index contributed by atoms with van der Waals surface area (Å²) in [7, 11) is 1.59. The summed E-state index contributed by atoms with van der Waals surface area (Å²) < 4.78 is 5.18. The van der Waals surface area contributed by atoms with E-state index in [1.165, 1.54) is 0 Å². The van der Waals surface area contributed by atoms with Crippen molar-refractivity contribution in [2.45, 2.75) is 6.42 Å². The minimum Gasteiger partial charge on any atom is -0.497 e. The maximum atomic E-state index is 12.4. The zero-order valence-electron chi connectivity index (χ0n) is 11.1. The van der Waals surface area contributed by atoms with Gasteiger partial charge in [-0.25, -0.2) is 0 Å². The van der Waals surface area contributed by atoms with Crippen LogP contribution in [-0.2, 0) is 6.42 Å². The molecule has 1 aliphatic carbocycles. The highest BCUT2D eigenvalue weighted by atomic mass is 16.5. The third kappa shape index (κ3) is 1.95. The number of hydrogen-bond donors (Lipinski definition) is 1. The van der Waals surface area contributed by atoms with Gasteiger partial charge in [0.2, 0.25) is 0 Å². The minimum atomic E-state index is -0.00281. The number of nitrogens with two attached hydrogens (primary N) is 1. The molecule has 0 unspecified atom stereocenters. The average Bonchev–Trinajstić information content (AvgIpc) is 2.73. The van der Waals surface area contributed by atoms with Crippen LogP contribution in [0.4, 0.5) is 0 Å². The summed E-state index contributed by atoms with van der Waals surface area (Å²) in [5.74, 6) is 0.696. The molecule has 1 aliphatic rings. The summed E-state index contributed by atoms with van der Waals surface area (Å²) in [4.78, 5) is 16.4. The van der Waals surface area contributed by atoms with Gasteiger partial charge in [-0.2, -0.15) is 0 Å². The van der Waals surface area contributed by atoms with Crippen LogP contribution in [0.3, 0.4) is 0 Å². The maximum absolute atomic E-state index is 12.4. The number of allylic oxidation sites excluding steroid dienone is 1. The molecule has 1 heterocycles. The highest BCUT2D eigenvalue weighted by Crippen LogP contribution is 2.33. The first-order chi connectivity index (χ1) is 9.70. The Balaban J connectivity index is 2.00. The quantitative estimate of drug-likeness (QED) is 0.925. The molecule has 0 radical (unpaired) electrons. The first-order valence-corrected chi connectivity index (χ1v) is 6.31. The topological polar surface area (TPSA) is 65.2 Å². The number of aromatic nitrogens is 1. The molecule has 0 saturated heterocycles. The molecule has 0 fully saturated rings. The Labute approximate surface area is 116 Å². The van der Waals surface area contributed by atoms with Gasteiger partial charge < -0.3 is 10.5 Å². The van der Waals surface area contributed by atoms with E-state index in [0.29, 0.717) is 29.0 Å². The third-order valence-electron chi connectivity index (χ3n) is 3.49. The van der Waals surface area contributed by atoms with Crippen LogP contribution in [0, 0.1) is 0 Å². The molecule has 4 nitrogen and oxygen atoms in total. The molecule has 0 aliphatic heterocycles. The number of methoxy groups -OCH3 is 1. The Morgan fingerprint density at radius 1 is 1.15 bits per heavy atom. The smallest absolute Gasteiger partial charge is 0.192 e. The predicted molar refractivity (Wildman–Crippen MR) is 76.4 cm³/mol. The largest absolute Gasteiger partial charge is 0.497 e. The van der Waals surface area contributed by atoms with Gasteiger partial charge >= 0.3 is 0 Å². The first-order valence-electron chi connectivity index (χ1n) is 6.31. The molecule has 1 aromatic heterocycles. The van der Waals surface area contributed by atoms with Crippen LogP contribution >= 0.6 is 0 Å². The van der Waals surface area contributed by atoms with Gasteiger partial charge in [-0.3, -0.25) is 9.78 Å². The lowest BCUT2D eigenvalue weighted by atomic mass is 10.0. The molecule has 4 heteroatoms. The van der Waals surface area contributed by atoms with Crippen molar-refractivity contribution in [3.05, 3.63) is 65.0 Å². The second-order valence-electron chi connectivity index (χ2n) is 4.67. The van der Waals surface area contributed by atoms with Crippen LogP contribution < -0.4 is 10.5 Å². The van der Waals surface area contributed by atoms with Crippen molar-refractivity contribution < 1.29 is 9.53 Å². The number of Topliss-reactive ketones (excluding diaryl/α,β-unsaturated/α-hetero) is 1. The van der Waals surface area contributed by atoms with E-state index in [1.54, 1.807) is 31.6 Å². The number of fused-ring (bicyclic) bond motifs is 1. The molecule has 0 saturated carbocycles. The van der Waals surface area contributed by atoms with Crippen LogP contribution in [0.5, 0.6) is 5.75 Å². The van der Waals surface area contributed by atoms with Gasteiger partial charge in [-0.05, 0) is 35.9 Å². The Hall–Kier alpha value is -2.62. The van der Waals surface area contributed by atoms with Crippen LogP contribution in [0.15, 0.2) is 48.3 Å². The third-order valence-corrected chi connectivity index (χ3v) is 3.49. The van der Waals surface area contributed by atoms with Crippen LogP contribution in [0.25, 0.3) is 5.70 Å². The monoisotopic (exact) mass is 266 g/mol. The van der Waals surface area contributed by atoms with Crippen molar-refractivity contribution in [2.75, 3.05) is 7.11 Å². The van der Waals surface area contributed by atoms with Gasteiger partial charge in [0, 0.05) is 41.2 Å². The predicted octanol–water partition coefficient (Wildman–Crippen LogP) is 2.20. The SMILES string of the molecule is COc1ccc2c(c1)C(N)=C(Cc1ccncc1)C2=O. The molecular formula is C16H14N2O2. The standard InChI is InChI=1S/C16H14N2O2/c1-20-11-2-3-12-13(9-11)15(17)14(16(12)19)8-10-4-6-18-7-5-10/h2-7,9H,8,17H2,1H3. The van der Waals surface area contributed by atoms with E-state index in [-0.39, 0.29) is 5.78 Å². The molecule has 100 valence electrons. The zero-order valence-corrected chi connectivity index (χ0v) is 11.1. The van der Waals surface area contributed by atoms with E-state index in [9.17, 15) is 4.79 Å². The summed E-state index contributed by atoms with van der Waals surface area (Å²) in [5, 5.41) is 0. The lowest BCUT2D eigenvalue weighted by Crippen LogP contribution is -2.04. The van der Waals surface area contributed by atoms with Crippen molar-refractivity contribution in [1.29, 1.82) is 0 Å². The van der Waals surface area contributed by atoms with E-state index in [0.717, 1.165) is 11.1 Å². The van der Waals surface area contributed by atoms with E-state index in [1.807, 2.05) is 18.2 Å². The molecule has 0 bridgehead atoms. The highest BCUT2D eigenvalue weighted by Gasteiger charge is 2.28. The molecule has 2 N–H and O–H groups in total. The van der Waals surface area contributed by atoms with Gasteiger partial charge in [-0.15, -0.1) is 0 Å². The molecule has 1 aromatic carbocycles. The van der Waals surface area contributed by atoms with E-state index in [2.05, 4.69) is 4.98 Å². The molecule has 3 rings (SSSR count). The molecular weight excluding hydrogens is 252 g/mol. The van der Waals surface area contributed by atoms with Crippen LogP contribution in [0.2, 0.25) is 0 Å². The molecule has 2 aromatic rings. The number of benzene rings is 1. The van der Waals surface area contributed by atoms with E-state index < -0.39 is 0 Å². The number of nitrogens with zero attached hydrogens (tertiary/aromatic N) is 1. The average molecular weight is 266 g/mol. The van der Waals surface area contributed by atoms with Crippen LogP contribution in [-0.4, -0.2) is 17.9 Å². The summed E-state index contributed by atoms with van der Waals surface area (Å²) in [6.45, 7) is 0. The molecule has 0 spiro atoms. The Morgan fingerprint density at radius 3 is 2.60 bits per heavy atom. The Kier molecular flexibility index (Phi) is 2.99. The number of pyridine rings is 1. The fourth-order valence-corrected chi connectivity index (χ4v) is 2.40. The second-order valence-corrected chi connectivity index (χ2v) is 4.67. The molecule has 20 heavy (non-hydrogen) atoms. The van der Waals surface area contributed by atoms with Crippen molar-refractivity contribution in [2.24, 2.45) is 5.73 Å². The first kappa shape index (κ1) is 12.4. The number of hydrogen-bond acceptors (Lipinski definition) is 4. The van der Waals surface area contributed by atoms with Gasteiger partial charge in [0.15, 0.2) is 5.78 Å². The molecule has 0 amide bonds. The number of rotatable bonds is 3. The fourth-order valence-electron chi connectivity index (χ4n) is 2.40. The number of carbonyl (C=O) groups excluding carboxylic acids is 1. The van der Waals surface area contributed by atoms with Crippen molar-refractivity contribution >= 4 is 11.5 Å². The van der Waals surface area contributed by atoms with Gasteiger partial charge in [0.1, 0.15) is 5.75 Å². The highest BCUT2D eigenvalue weighted by molar-refractivity contribution is 6.20. The van der Waals surface area contributed by atoms with Crippen molar-refractivity contribution in [3.8, 4) is 5.75 Å². The Morgan fingerprint density at radius 2 is 1.90 bits per heavy atom. The van der Waals surface area contributed by atoms with E-state index >= 15 is 0 Å². The summed E-state index contributed by atoms with van der Waals surface area (Å²) in [5.41, 5.74) is 9.75. The lowest BCUT2D eigenvalue weighted by Gasteiger charge is -2.03. The zero-order chi connectivity index (χ0) is 14.1. The summed E-state index contributed by atoms with van der Waals surface area (Å²) >= 11 is 0. The van der Waals surface area contributed by atoms with Gasteiger partial charge in [0.25, 0.3) is 0 Å². The fraction of sp³-hybridized carbons (Fsp3) is 0.125. The number of ether oxygens (including phenoxy) is 1. The summed E-state index contributed by atoms with van der Waals surface area (Å²) in [6, 6.07) is 9.12. The second kappa shape index (κ2) is 4.81. The van der Waals surface area contributed by atoms with Crippen LogP contribution in [0.1, 0.15) is 21.5 Å². The summed E-state index contributed by atoms with van der Waals surface area (Å²) in [6.07, 6.45) is 3.94. The van der Waals surface area contributed by atoms with Gasteiger partial charge in [0.05, 0.1) is 7.11 Å². The van der Waals surface area contributed by atoms with E-state index in [4.69, 9.17) is 10.5 Å². The Bertz CT molecular complexity index is 706. The van der Waals surface area contributed by atoms with Crippen molar-refractivity contribution in [3.63, 3.8) is 0 Å². The normalized spacial score (nSPS) is 13.6. The maximum Gasteiger partial charge on any atom is 0.192 e. The minimum absolute atomic E-state index is 0.00281. The lowest BCUT2D eigenvalue weighted by molar-refractivity contribution is 0.103. The van der Waals surface area contributed by atoms with Gasteiger partial charge in [-0.1, -0.05) is 0 Å². The number of ketones is 1. The van der Waals surface area contributed by atoms with Crippen molar-refractivity contribution in [1.82, 2.24) is 4.98 Å².